The molecular formula is C22H29FN6O2. The molecule has 166 valence electrons. The van der Waals surface area contributed by atoms with Gasteiger partial charge in [-0.05, 0) is 24.5 Å². The summed E-state index contributed by atoms with van der Waals surface area (Å²) in [6.07, 6.45) is 5.38. The number of aromatic nitrogens is 3. The van der Waals surface area contributed by atoms with Gasteiger partial charge in [0.1, 0.15) is 0 Å². The van der Waals surface area contributed by atoms with E-state index in [0.717, 1.165) is 33.8 Å². The Morgan fingerprint density at radius 1 is 1.23 bits per heavy atom. The van der Waals surface area contributed by atoms with Crippen LogP contribution in [0.25, 0.3) is 16.9 Å². The minimum atomic E-state index is -0.804. The molecule has 0 aliphatic carbocycles. The van der Waals surface area contributed by atoms with E-state index in [0.29, 0.717) is 19.4 Å². The summed E-state index contributed by atoms with van der Waals surface area (Å²) in [7, 11) is 3.38. The summed E-state index contributed by atoms with van der Waals surface area (Å²) in [5, 5.41) is 4.13. The van der Waals surface area contributed by atoms with E-state index < -0.39 is 12.8 Å². The number of hydrogen-bond donors (Lipinski definition) is 1. The number of benzene rings is 1. The third-order valence-electron chi connectivity index (χ3n) is 4.44. The number of alkyl halides is 1. The Kier molecular flexibility index (Phi) is 9.08. The molecule has 1 atom stereocenters. The number of carbonyl (C=O) groups is 2. The smallest absolute Gasteiger partial charge is 0.241 e. The first kappa shape index (κ1) is 23.9. The molecule has 0 saturated carbocycles. The maximum atomic E-state index is 13.0. The highest BCUT2D eigenvalue weighted by Gasteiger charge is 2.20. The molecule has 0 spiro atoms. The second-order valence-corrected chi connectivity index (χ2v) is 7.24. The largest absolute Gasteiger partial charge is 0.351 e. The van der Waals surface area contributed by atoms with E-state index in [-0.39, 0.29) is 5.91 Å². The molecule has 1 aromatic carbocycles. The zero-order chi connectivity index (χ0) is 22.8. The second-order valence-electron chi connectivity index (χ2n) is 7.24. The van der Waals surface area contributed by atoms with Crippen molar-refractivity contribution < 1.29 is 14.0 Å². The zero-order valence-electron chi connectivity index (χ0n) is 18.1. The fourth-order valence-electron chi connectivity index (χ4n) is 2.86. The molecule has 0 aliphatic heterocycles. The number of fused-ring (bicyclic) bond motifs is 1. The van der Waals surface area contributed by atoms with Gasteiger partial charge in [-0.15, -0.1) is 0 Å². The maximum Gasteiger partial charge on any atom is 0.241 e. The van der Waals surface area contributed by atoms with Crippen molar-refractivity contribution in [1.82, 2.24) is 24.4 Å². The van der Waals surface area contributed by atoms with Crippen LogP contribution in [0.2, 0.25) is 0 Å². The van der Waals surface area contributed by atoms with Crippen molar-refractivity contribution in [1.29, 1.82) is 0 Å². The van der Waals surface area contributed by atoms with E-state index >= 15 is 0 Å². The van der Waals surface area contributed by atoms with Crippen LogP contribution in [0.5, 0.6) is 0 Å². The molecule has 0 bridgehead atoms. The van der Waals surface area contributed by atoms with Gasteiger partial charge in [0.2, 0.25) is 12.3 Å². The predicted molar refractivity (Wildman–Crippen MR) is 118 cm³/mol. The Hall–Kier alpha value is -3.33. The van der Waals surface area contributed by atoms with Crippen LogP contribution < -0.4 is 5.73 Å². The number of nitrogens with zero attached hydrogens (tertiary/aromatic N) is 5. The van der Waals surface area contributed by atoms with Gasteiger partial charge < -0.3 is 15.5 Å². The van der Waals surface area contributed by atoms with Crippen LogP contribution in [0.3, 0.4) is 0 Å². The Morgan fingerprint density at radius 2 is 1.90 bits per heavy atom. The normalized spacial score (nSPS) is 11.4. The molecule has 2 amide bonds. The molecule has 0 aliphatic rings. The monoisotopic (exact) mass is 428 g/mol. The standard InChI is InChI=1S/C19H22FN5O.C3H7NO/c1-2-10-24(13-20)19(26)16(21)12-14-3-5-15(6-4-14)17-8-11-25-18(23-17)7-9-22-25;1-4(2)3-5/h3-9,11,16H,2,10,12-13,21H2,1H3;3H,1-2H3/t16-;/m0./s1. The SMILES string of the molecule is CCCN(CF)C(=O)[C@@H](N)Cc1ccc(-c2ccn3nccc3n2)cc1.CN(C)C=O. The number of rotatable bonds is 8. The van der Waals surface area contributed by atoms with Gasteiger partial charge in [0.15, 0.2) is 12.4 Å². The summed E-state index contributed by atoms with van der Waals surface area (Å²) in [6, 6.07) is 10.7. The number of amides is 2. The third kappa shape index (κ3) is 6.85. The highest BCUT2D eigenvalue weighted by Crippen LogP contribution is 2.19. The average Bonchev–Trinajstić information content (AvgIpc) is 3.25. The van der Waals surface area contributed by atoms with Gasteiger partial charge in [-0.3, -0.25) is 9.59 Å². The van der Waals surface area contributed by atoms with E-state index in [1.807, 2.05) is 49.5 Å². The van der Waals surface area contributed by atoms with E-state index in [1.54, 1.807) is 24.8 Å². The summed E-state index contributed by atoms with van der Waals surface area (Å²) in [4.78, 5) is 28.8. The Morgan fingerprint density at radius 3 is 2.48 bits per heavy atom. The highest BCUT2D eigenvalue weighted by molar-refractivity contribution is 5.82. The molecule has 31 heavy (non-hydrogen) atoms. The van der Waals surface area contributed by atoms with Crippen molar-refractivity contribution in [2.75, 3.05) is 27.4 Å². The van der Waals surface area contributed by atoms with Crippen molar-refractivity contribution in [3.05, 3.63) is 54.4 Å². The van der Waals surface area contributed by atoms with Gasteiger partial charge in [-0.25, -0.2) is 13.9 Å². The van der Waals surface area contributed by atoms with Crippen molar-refractivity contribution in [2.24, 2.45) is 5.73 Å². The molecule has 0 unspecified atom stereocenters. The molecule has 0 saturated heterocycles. The molecule has 8 nitrogen and oxygen atoms in total. The van der Waals surface area contributed by atoms with Gasteiger partial charge in [-0.1, -0.05) is 31.2 Å². The fourth-order valence-corrected chi connectivity index (χ4v) is 2.86. The first-order valence-corrected chi connectivity index (χ1v) is 10.0. The lowest BCUT2D eigenvalue weighted by atomic mass is 10.0. The van der Waals surface area contributed by atoms with Crippen LogP contribution in [0.15, 0.2) is 48.8 Å². The van der Waals surface area contributed by atoms with Crippen LogP contribution in [0.4, 0.5) is 4.39 Å². The predicted octanol–water partition coefficient (Wildman–Crippen LogP) is 2.14. The Labute approximate surface area is 181 Å². The first-order chi connectivity index (χ1) is 14.9. The summed E-state index contributed by atoms with van der Waals surface area (Å²) in [5.41, 5.74) is 9.49. The first-order valence-electron chi connectivity index (χ1n) is 10.0. The van der Waals surface area contributed by atoms with E-state index in [2.05, 4.69) is 10.1 Å². The van der Waals surface area contributed by atoms with Crippen molar-refractivity contribution >= 4 is 18.0 Å². The van der Waals surface area contributed by atoms with E-state index in [1.165, 1.54) is 4.90 Å². The average molecular weight is 429 g/mol. The summed E-state index contributed by atoms with van der Waals surface area (Å²) >= 11 is 0. The third-order valence-corrected chi connectivity index (χ3v) is 4.44. The summed E-state index contributed by atoms with van der Waals surface area (Å²) < 4.78 is 14.7. The van der Waals surface area contributed by atoms with Crippen molar-refractivity contribution in [3.8, 4) is 11.3 Å². The fraction of sp³-hybridized carbons (Fsp3) is 0.364. The van der Waals surface area contributed by atoms with Gasteiger partial charge >= 0.3 is 0 Å². The van der Waals surface area contributed by atoms with E-state index in [9.17, 15) is 14.0 Å². The quantitative estimate of drug-likeness (QED) is 0.438. The topological polar surface area (TPSA) is 96.8 Å². The number of nitrogens with two attached hydrogens (primary N) is 1. The van der Waals surface area contributed by atoms with Crippen LogP contribution >= 0.6 is 0 Å². The van der Waals surface area contributed by atoms with Crippen LogP contribution in [-0.4, -0.2) is 70.2 Å². The summed E-state index contributed by atoms with van der Waals surface area (Å²) in [5.74, 6) is -0.355. The zero-order valence-corrected chi connectivity index (χ0v) is 18.1. The molecule has 3 aromatic rings. The lowest BCUT2D eigenvalue weighted by Crippen LogP contribution is -2.44. The van der Waals surface area contributed by atoms with Gasteiger partial charge in [0.25, 0.3) is 0 Å². The molecule has 2 heterocycles. The van der Waals surface area contributed by atoms with E-state index in [4.69, 9.17) is 5.73 Å². The van der Waals surface area contributed by atoms with Gasteiger partial charge in [0.05, 0.1) is 17.9 Å². The minimum absolute atomic E-state index is 0.355. The van der Waals surface area contributed by atoms with Crippen molar-refractivity contribution in [3.63, 3.8) is 0 Å². The van der Waals surface area contributed by atoms with Crippen LogP contribution in [0.1, 0.15) is 18.9 Å². The lowest BCUT2D eigenvalue weighted by Gasteiger charge is -2.22. The summed E-state index contributed by atoms with van der Waals surface area (Å²) in [6.45, 7) is 1.47. The maximum absolute atomic E-state index is 13.0. The highest BCUT2D eigenvalue weighted by atomic mass is 19.1. The Bertz CT molecular complexity index is 974. The minimum Gasteiger partial charge on any atom is -0.351 e. The number of halogens is 1. The van der Waals surface area contributed by atoms with Crippen LogP contribution in [0, 0.1) is 0 Å². The number of carbonyl (C=O) groups excluding carboxylic acids is 2. The molecular weight excluding hydrogens is 399 g/mol. The van der Waals surface area contributed by atoms with Gasteiger partial charge in [-0.2, -0.15) is 5.10 Å². The number of hydrogen-bond acceptors (Lipinski definition) is 5. The molecule has 9 heteroatoms. The molecule has 2 N–H and O–H groups in total. The molecule has 2 aromatic heterocycles. The molecule has 3 rings (SSSR count). The molecule has 0 fully saturated rings. The molecule has 0 radical (unpaired) electrons. The second kappa shape index (κ2) is 11.8. The van der Waals surface area contributed by atoms with Crippen LogP contribution in [-0.2, 0) is 16.0 Å². The Balaban J connectivity index is 0.000000614. The van der Waals surface area contributed by atoms with Crippen molar-refractivity contribution in [2.45, 2.75) is 25.8 Å². The van der Waals surface area contributed by atoms with Gasteiger partial charge in [0, 0.05) is 38.5 Å². The lowest BCUT2D eigenvalue weighted by molar-refractivity contribution is -0.134.